The molecular formula is C25H24N2O6. The normalized spacial score (nSPS) is 10.8. The van der Waals surface area contributed by atoms with Crippen molar-refractivity contribution >= 4 is 22.7 Å². The summed E-state index contributed by atoms with van der Waals surface area (Å²) in [5.74, 6) is 0.979. The predicted octanol–water partition coefficient (Wildman–Crippen LogP) is 5.10. The van der Waals surface area contributed by atoms with Gasteiger partial charge in [-0.15, -0.1) is 0 Å². The molecule has 0 aliphatic carbocycles. The van der Waals surface area contributed by atoms with Gasteiger partial charge in [-0.2, -0.15) is 0 Å². The molecule has 0 aliphatic heterocycles. The summed E-state index contributed by atoms with van der Waals surface area (Å²) < 4.78 is 21.8. The third kappa shape index (κ3) is 4.15. The molecule has 2 N–H and O–H groups in total. The molecule has 8 nitrogen and oxygen atoms in total. The Hall–Kier alpha value is -4.20. The van der Waals surface area contributed by atoms with Crippen molar-refractivity contribution in [3.8, 4) is 34.5 Å². The fourth-order valence-electron chi connectivity index (χ4n) is 3.50. The van der Waals surface area contributed by atoms with Crippen molar-refractivity contribution in [2.45, 2.75) is 13.8 Å². The number of hydrogen-bond donors (Lipinski definition) is 2. The maximum absolute atomic E-state index is 12.9. The number of ether oxygens (including phenoxy) is 3. The van der Waals surface area contributed by atoms with E-state index >= 15 is 0 Å². The molecule has 0 unspecified atom stereocenters. The average Bonchev–Trinajstić information content (AvgIpc) is 3.21. The Morgan fingerprint density at radius 2 is 1.61 bits per heavy atom. The molecule has 0 saturated heterocycles. The average molecular weight is 448 g/mol. The van der Waals surface area contributed by atoms with Gasteiger partial charge >= 0.3 is 0 Å². The number of carbonyl (C=O) groups is 1. The number of phenols is 1. The Balaban J connectivity index is 1.67. The molecule has 1 heterocycles. The van der Waals surface area contributed by atoms with E-state index in [1.54, 1.807) is 24.3 Å². The smallest absolute Gasteiger partial charge is 0.255 e. The Bertz CT molecular complexity index is 1290. The zero-order chi connectivity index (χ0) is 23.7. The topological polar surface area (TPSA) is 103 Å². The molecular weight excluding hydrogens is 424 g/mol. The lowest BCUT2D eigenvalue weighted by atomic mass is 10.1. The number of fused-ring (bicyclic) bond motifs is 1. The van der Waals surface area contributed by atoms with Crippen molar-refractivity contribution in [2.24, 2.45) is 0 Å². The van der Waals surface area contributed by atoms with Crippen LogP contribution in [0.4, 0.5) is 5.69 Å². The minimum Gasteiger partial charge on any atom is -0.507 e. The summed E-state index contributed by atoms with van der Waals surface area (Å²) >= 11 is 0. The van der Waals surface area contributed by atoms with Crippen LogP contribution in [0.1, 0.15) is 21.5 Å². The molecule has 0 atom stereocenters. The van der Waals surface area contributed by atoms with Gasteiger partial charge in [-0.1, -0.05) is 0 Å². The Labute approximate surface area is 190 Å². The van der Waals surface area contributed by atoms with Crippen LogP contribution in [-0.2, 0) is 0 Å². The van der Waals surface area contributed by atoms with E-state index in [2.05, 4.69) is 10.3 Å². The minimum atomic E-state index is -0.394. The van der Waals surface area contributed by atoms with E-state index in [1.165, 1.54) is 27.4 Å². The van der Waals surface area contributed by atoms with Crippen LogP contribution < -0.4 is 19.5 Å². The predicted molar refractivity (Wildman–Crippen MR) is 125 cm³/mol. The molecule has 3 aromatic carbocycles. The number of benzene rings is 3. The highest BCUT2D eigenvalue weighted by atomic mass is 16.5. The lowest BCUT2D eigenvalue weighted by molar-refractivity contribution is 0.102. The van der Waals surface area contributed by atoms with Crippen LogP contribution in [0.25, 0.3) is 22.6 Å². The number of hydrogen-bond acceptors (Lipinski definition) is 7. The van der Waals surface area contributed by atoms with E-state index in [4.69, 9.17) is 18.6 Å². The molecule has 0 aliphatic rings. The molecule has 0 radical (unpaired) electrons. The van der Waals surface area contributed by atoms with E-state index in [0.717, 1.165) is 11.1 Å². The second-order valence-corrected chi connectivity index (χ2v) is 7.52. The van der Waals surface area contributed by atoms with Crippen LogP contribution in [-0.4, -0.2) is 37.3 Å². The quantitative estimate of drug-likeness (QED) is 0.396. The number of carbonyl (C=O) groups excluding carboxylic acids is 1. The summed E-state index contributed by atoms with van der Waals surface area (Å²) in [4.78, 5) is 17.4. The highest BCUT2D eigenvalue weighted by Gasteiger charge is 2.19. The summed E-state index contributed by atoms with van der Waals surface area (Å²) in [6.07, 6.45) is 0. The van der Waals surface area contributed by atoms with Gasteiger partial charge in [0.1, 0.15) is 11.3 Å². The number of rotatable bonds is 6. The number of aromatic nitrogens is 1. The van der Waals surface area contributed by atoms with Gasteiger partial charge in [0.25, 0.3) is 5.91 Å². The molecule has 1 aromatic heterocycles. The first-order valence-corrected chi connectivity index (χ1v) is 10.2. The fraction of sp³-hybridized carbons (Fsp3) is 0.200. The second-order valence-electron chi connectivity index (χ2n) is 7.52. The largest absolute Gasteiger partial charge is 0.507 e. The van der Waals surface area contributed by atoms with Crippen LogP contribution in [0.2, 0.25) is 0 Å². The first-order chi connectivity index (χ1) is 15.8. The van der Waals surface area contributed by atoms with Crippen LogP contribution in [0.5, 0.6) is 23.0 Å². The number of oxazole rings is 1. The first-order valence-electron chi connectivity index (χ1n) is 10.2. The maximum atomic E-state index is 12.9. The van der Waals surface area contributed by atoms with Crippen molar-refractivity contribution in [3.63, 3.8) is 0 Å². The van der Waals surface area contributed by atoms with Gasteiger partial charge < -0.3 is 29.1 Å². The summed E-state index contributed by atoms with van der Waals surface area (Å²) in [6.45, 7) is 3.99. The van der Waals surface area contributed by atoms with E-state index in [-0.39, 0.29) is 11.6 Å². The standard InChI is InChI=1S/C25H24N2O6/c1-13-8-18-20(9-14(13)2)33-25(27-18)17-12-16(6-7-19(17)28)26-24(29)15-10-21(30-3)23(32-5)22(11-15)31-4/h6-12,28H,1-5H3,(H,26,29). The van der Waals surface area contributed by atoms with Gasteiger partial charge in [-0.25, -0.2) is 4.98 Å². The molecule has 0 spiro atoms. The monoisotopic (exact) mass is 448 g/mol. The van der Waals surface area contributed by atoms with Crippen molar-refractivity contribution in [2.75, 3.05) is 26.6 Å². The van der Waals surface area contributed by atoms with E-state index < -0.39 is 5.91 Å². The third-order valence-electron chi connectivity index (χ3n) is 5.42. The number of phenolic OH excluding ortho intramolecular Hbond substituents is 1. The number of aromatic hydroxyl groups is 1. The van der Waals surface area contributed by atoms with Gasteiger partial charge in [-0.05, 0) is 67.4 Å². The summed E-state index contributed by atoms with van der Waals surface area (Å²) in [7, 11) is 4.45. The number of amides is 1. The lowest BCUT2D eigenvalue weighted by Crippen LogP contribution is -2.12. The van der Waals surface area contributed by atoms with Gasteiger partial charge in [-0.3, -0.25) is 4.79 Å². The number of nitrogens with zero attached hydrogens (tertiary/aromatic N) is 1. The van der Waals surface area contributed by atoms with E-state index in [1.807, 2.05) is 26.0 Å². The molecule has 0 fully saturated rings. The highest BCUT2D eigenvalue weighted by molar-refractivity contribution is 6.05. The third-order valence-corrected chi connectivity index (χ3v) is 5.42. The molecule has 4 aromatic rings. The van der Waals surface area contributed by atoms with Crippen molar-refractivity contribution in [1.82, 2.24) is 4.98 Å². The van der Waals surface area contributed by atoms with Crippen molar-refractivity contribution < 1.29 is 28.5 Å². The number of nitrogens with one attached hydrogen (secondary N) is 1. The van der Waals surface area contributed by atoms with Crippen molar-refractivity contribution in [1.29, 1.82) is 0 Å². The molecule has 0 bridgehead atoms. The van der Waals surface area contributed by atoms with Gasteiger partial charge in [0.2, 0.25) is 11.6 Å². The first kappa shape index (κ1) is 22.0. The molecule has 4 rings (SSSR count). The number of aryl methyl sites for hydroxylation is 2. The zero-order valence-electron chi connectivity index (χ0n) is 19.0. The SMILES string of the molecule is COc1cc(C(=O)Nc2ccc(O)c(-c3nc4cc(C)c(C)cc4o3)c2)cc(OC)c1OC. The van der Waals surface area contributed by atoms with Crippen LogP contribution in [0, 0.1) is 13.8 Å². The Morgan fingerprint density at radius 1 is 0.939 bits per heavy atom. The Kier molecular flexibility index (Phi) is 5.83. The van der Waals surface area contributed by atoms with Gasteiger partial charge in [0.05, 0.1) is 26.9 Å². The molecule has 1 amide bonds. The second kappa shape index (κ2) is 8.74. The maximum Gasteiger partial charge on any atom is 0.255 e. The lowest BCUT2D eigenvalue weighted by Gasteiger charge is -2.14. The Morgan fingerprint density at radius 3 is 2.24 bits per heavy atom. The fourth-order valence-corrected chi connectivity index (χ4v) is 3.50. The van der Waals surface area contributed by atoms with E-state index in [9.17, 15) is 9.90 Å². The van der Waals surface area contributed by atoms with Gasteiger partial charge in [0, 0.05) is 11.3 Å². The molecule has 8 heteroatoms. The summed E-state index contributed by atoms with van der Waals surface area (Å²) in [6, 6.07) is 11.6. The summed E-state index contributed by atoms with van der Waals surface area (Å²) in [5, 5.41) is 13.2. The zero-order valence-corrected chi connectivity index (χ0v) is 19.0. The van der Waals surface area contributed by atoms with Crippen LogP contribution in [0.15, 0.2) is 46.9 Å². The molecule has 0 saturated carbocycles. The molecule has 33 heavy (non-hydrogen) atoms. The minimum absolute atomic E-state index is 0.0132. The number of methoxy groups -OCH3 is 3. The molecule has 170 valence electrons. The highest BCUT2D eigenvalue weighted by Crippen LogP contribution is 2.39. The van der Waals surface area contributed by atoms with Crippen LogP contribution >= 0.6 is 0 Å². The number of anilines is 1. The van der Waals surface area contributed by atoms with Crippen LogP contribution in [0.3, 0.4) is 0 Å². The van der Waals surface area contributed by atoms with Crippen molar-refractivity contribution in [3.05, 3.63) is 59.2 Å². The summed E-state index contributed by atoms with van der Waals surface area (Å²) in [5.41, 5.74) is 4.63. The van der Waals surface area contributed by atoms with Gasteiger partial charge in [0.15, 0.2) is 17.1 Å². The van der Waals surface area contributed by atoms with E-state index in [0.29, 0.717) is 45.2 Å².